The molecule has 1 aromatic carbocycles. The summed E-state index contributed by atoms with van der Waals surface area (Å²) in [5.41, 5.74) is 0.555. The molecule has 0 N–H and O–H groups in total. The Morgan fingerprint density at radius 2 is 2.17 bits per heavy atom. The number of amides is 1. The van der Waals surface area contributed by atoms with Crippen molar-refractivity contribution >= 4 is 27.5 Å². The molecule has 6 heteroatoms. The van der Waals surface area contributed by atoms with E-state index >= 15 is 0 Å². The summed E-state index contributed by atoms with van der Waals surface area (Å²) in [5.74, 6) is -0.299. The van der Waals surface area contributed by atoms with Gasteiger partial charge in [0.05, 0.1) is 4.92 Å². The maximum Gasteiger partial charge on any atom is 0.285 e. The van der Waals surface area contributed by atoms with Gasteiger partial charge in [-0.1, -0.05) is 28.1 Å². The van der Waals surface area contributed by atoms with Gasteiger partial charge < -0.3 is 4.90 Å². The minimum Gasteiger partial charge on any atom is -0.338 e. The number of alkyl halides is 1. The largest absolute Gasteiger partial charge is 0.338 e. The van der Waals surface area contributed by atoms with Crippen molar-refractivity contribution in [2.45, 2.75) is 13.8 Å². The number of nitrogens with zero attached hydrogens (tertiary/aromatic N) is 2. The number of nitro benzene ring substituents is 1. The molecule has 0 spiro atoms. The second-order valence-corrected chi connectivity index (χ2v) is 4.59. The zero-order valence-corrected chi connectivity index (χ0v) is 11.9. The maximum atomic E-state index is 12.2. The lowest BCUT2D eigenvalue weighted by molar-refractivity contribution is -0.385. The van der Waals surface area contributed by atoms with Crippen molar-refractivity contribution in [3.8, 4) is 0 Å². The van der Waals surface area contributed by atoms with Crippen LogP contribution in [0.25, 0.3) is 0 Å². The molecule has 0 saturated carbocycles. The van der Waals surface area contributed by atoms with Gasteiger partial charge in [-0.3, -0.25) is 14.9 Å². The monoisotopic (exact) mass is 314 g/mol. The first-order chi connectivity index (χ1) is 8.52. The lowest BCUT2D eigenvalue weighted by Crippen LogP contribution is -2.33. The van der Waals surface area contributed by atoms with E-state index in [1.165, 1.54) is 6.07 Å². The molecule has 0 unspecified atom stereocenters. The van der Waals surface area contributed by atoms with E-state index in [0.717, 1.165) is 0 Å². The van der Waals surface area contributed by atoms with Crippen LogP contribution >= 0.6 is 15.9 Å². The van der Waals surface area contributed by atoms with Crippen molar-refractivity contribution in [3.63, 3.8) is 0 Å². The lowest BCUT2D eigenvalue weighted by atomic mass is 10.1. The fraction of sp³-hybridized carbons (Fsp3) is 0.417. The number of hydrogen-bond acceptors (Lipinski definition) is 3. The highest BCUT2D eigenvalue weighted by Crippen LogP contribution is 2.24. The van der Waals surface area contributed by atoms with Gasteiger partial charge in [0.2, 0.25) is 0 Å². The summed E-state index contributed by atoms with van der Waals surface area (Å²) in [4.78, 5) is 24.4. The van der Waals surface area contributed by atoms with Crippen molar-refractivity contribution in [2.24, 2.45) is 0 Å². The van der Waals surface area contributed by atoms with Gasteiger partial charge in [-0.25, -0.2) is 0 Å². The average molecular weight is 315 g/mol. The van der Waals surface area contributed by atoms with Gasteiger partial charge in [0.1, 0.15) is 5.56 Å². The number of benzene rings is 1. The molecule has 5 nitrogen and oxygen atoms in total. The predicted molar refractivity (Wildman–Crippen MR) is 73.2 cm³/mol. The normalized spacial score (nSPS) is 10.2. The van der Waals surface area contributed by atoms with Crippen molar-refractivity contribution in [1.29, 1.82) is 0 Å². The van der Waals surface area contributed by atoms with Gasteiger partial charge >= 0.3 is 0 Å². The predicted octanol–water partition coefficient (Wildman–Crippen LogP) is 2.76. The molecule has 0 saturated heterocycles. The molecular weight excluding hydrogens is 300 g/mol. The quantitative estimate of drug-likeness (QED) is 0.477. The summed E-state index contributed by atoms with van der Waals surface area (Å²) in [5, 5.41) is 11.7. The van der Waals surface area contributed by atoms with Crippen LogP contribution in [0.5, 0.6) is 0 Å². The Labute approximate surface area is 114 Å². The smallest absolute Gasteiger partial charge is 0.285 e. The second-order valence-electron chi connectivity index (χ2n) is 3.80. The lowest BCUT2D eigenvalue weighted by Gasteiger charge is -2.19. The Morgan fingerprint density at radius 3 is 2.67 bits per heavy atom. The van der Waals surface area contributed by atoms with Crippen LogP contribution < -0.4 is 0 Å². The molecule has 0 aliphatic carbocycles. The molecular formula is C12H15BrN2O3. The second kappa shape index (κ2) is 6.49. The summed E-state index contributed by atoms with van der Waals surface area (Å²) < 4.78 is 0. The van der Waals surface area contributed by atoms with E-state index in [2.05, 4.69) is 15.9 Å². The van der Waals surface area contributed by atoms with E-state index in [-0.39, 0.29) is 17.2 Å². The first kappa shape index (κ1) is 14.6. The first-order valence-electron chi connectivity index (χ1n) is 5.62. The SMILES string of the molecule is CCN(CCBr)C(=O)c1cccc(C)c1[N+](=O)[O-]. The third kappa shape index (κ3) is 3.07. The number of rotatable bonds is 5. The zero-order valence-electron chi connectivity index (χ0n) is 10.4. The highest BCUT2D eigenvalue weighted by atomic mass is 79.9. The molecule has 0 aliphatic heterocycles. The molecule has 18 heavy (non-hydrogen) atoms. The van der Waals surface area contributed by atoms with Crippen LogP contribution in [0.3, 0.4) is 0 Å². The van der Waals surface area contributed by atoms with Crippen LogP contribution in [0, 0.1) is 17.0 Å². The number of aryl methyl sites for hydroxylation is 1. The van der Waals surface area contributed by atoms with Gasteiger partial charge in [-0.05, 0) is 19.9 Å². The van der Waals surface area contributed by atoms with Gasteiger partial charge in [0, 0.05) is 24.0 Å². The zero-order chi connectivity index (χ0) is 13.7. The van der Waals surface area contributed by atoms with Crippen LogP contribution in [-0.2, 0) is 0 Å². The van der Waals surface area contributed by atoms with E-state index < -0.39 is 4.92 Å². The summed E-state index contributed by atoms with van der Waals surface area (Å²) in [6.07, 6.45) is 0. The van der Waals surface area contributed by atoms with Gasteiger partial charge in [-0.15, -0.1) is 0 Å². The van der Waals surface area contributed by atoms with E-state index in [1.807, 2.05) is 6.92 Å². The minimum atomic E-state index is -0.495. The Morgan fingerprint density at radius 1 is 1.50 bits per heavy atom. The van der Waals surface area contributed by atoms with E-state index in [4.69, 9.17) is 0 Å². The van der Waals surface area contributed by atoms with Crippen LogP contribution in [0.4, 0.5) is 5.69 Å². The van der Waals surface area contributed by atoms with Crippen LogP contribution in [0.1, 0.15) is 22.8 Å². The number of hydrogen-bond donors (Lipinski definition) is 0. The third-order valence-electron chi connectivity index (χ3n) is 2.67. The van der Waals surface area contributed by atoms with E-state index in [1.54, 1.807) is 24.0 Å². The summed E-state index contributed by atoms with van der Waals surface area (Å²) >= 11 is 3.27. The number of carbonyl (C=O) groups excluding carboxylic acids is 1. The highest BCUT2D eigenvalue weighted by molar-refractivity contribution is 9.09. The summed E-state index contributed by atoms with van der Waals surface area (Å²) in [6, 6.07) is 4.80. The van der Waals surface area contributed by atoms with Crippen molar-refractivity contribution in [1.82, 2.24) is 4.90 Å². The summed E-state index contributed by atoms with van der Waals surface area (Å²) in [7, 11) is 0. The molecule has 0 bridgehead atoms. The highest BCUT2D eigenvalue weighted by Gasteiger charge is 2.25. The van der Waals surface area contributed by atoms with Gasteiger partial charge in [-0.2, -0.15) is 0 Å². The molecule has 1 aromatic rings. The molecule has 0 aliphatic rings. The van der Waals surface area contributed by atoms with Crippen LogP contribution in [0.15, 0.2) is 18.2 Å². The maximum absolute atomic E-state index is 12.2. The van der Waals surface area contributed by atoms with Crippen molar-refractivity contribution in [2.75, 3.05) is 18.4 Å². The topological polar surface area (TPSA) is 63.5 Å². The molecule has 0 heterocycles. The Bertz CT molecular complexity index is 463. The molecule has 0 atom stereocenters. The number of carbonyl (C=O) groups is 1. The number of nitro groups is 1. The molecule has 0 aromatic heterocycles. The molecule has 0 fully saturated rings. The fourth-order valence-corrected chi connectivity index (χ4v) is 2.18. The molecule has 1 rings (SSSR count). The fourth-order valence-electron chi connectivity index (χ4n) is 1.75. The third-order valence-corrected chi connectivity index (χ3v) is 3.03. The van der Waals surface area contributed by atoms with E-state index in [9.17, 15) is 14.9 Å². The number of halogens is 1. The van der Waals surface area contributed by atoms with Crippen molar-refractivity contribution < 1.29 is 9.72 Å². The average Bonchev–Trinajstić information content (AvgIpc) is 2.34. The van der Waals surface area contributed by atoms with Gasteiger partial charge in [0.25, 0.3) is 11.6 Å². The number of para-hydroxylation sites is 1. The van der Waals surface area contributed by atoms with Crippen molar-refractivity contribution in [3.05, 3.63) is 39.4 Å². The van der Waals surface area contributed by atoms with Crippen LogP contribution in [0.2, 0.25) is 0 Å². The molecule has 0 radical (unpaired) electrons. The summed E-state index contributed by atoms with van der Waals surface area (Å²) in [6.45, 7) is 4.54. The first-order valence-corrected chi connectivity index (χ1v) is 6.74. The Balaban J connectivity index is 3.20. The molecule has 1 amide bonds. The van der Waals surface area contributed by atoms with Gasteiger partial charge in [0.15, 0.2) is 0 Å². The Kier molecular flexibility index (Phi) is 5.27. The standard InChI is InChI=1S/C12H15BrN2O3/c1-3-14(8-7-13)12(16)10-6-4-5-9(2)11(10)15(17)18/h4-6H,3,7-8H2,1-2H3. The van der Waals surface area contributed by atoms with Crippen LogP contribution in [-0.4, -0.2) is 34.2 Å². The van der Waals surface area contributed by atoms with E-state index in [0.29, 0.717) is 24.0 Å². The Hall–Kier alpha value is -1.43. The minimum absolute atomic E-state index is 0.101. The molecule has 98 valence electrons.